The lowest BCUT2D eigenvalue weighted by molar-refractivity contribution is 0.738. The summed E-state index contributed by atoms with van der Waals surface area (Å²) in [4.78, 5) is 24.1. The van der Waals surface area contributed by atoms with Crippen molar-refractivity contribution >= 4 is 5.69 Å². The van der Waals surface area contributed by atoms with Gasteiger partial charge in [0.2, 0.25) is 0 Å². The first-order chi connectivity index (χ1) is 6.15. The van der Waals surface area contributed by atoms with Crippen molar-refractivity contribution in [2.45, 2.75) is 13.5 Å². The Labute approximate surface area is 74.5 Å². The van der Waals surface area contributed by atoms with E-state index in [0.717, 1.165) is 0 Å². The van der Waals surface area contributed by atoms with Crippen LogP contribution in [0, 0.1) is 0 Å². The van der Waals surface area contributed by atoms with Crippen LogP contribution >= 0.6 is 0 Å². The van der Waals surface area contributed by atoms with Crippen LogP contribution in [0.2, 0.25) is 0 Å². The van der Waals surface area contributed by atoms with Crippen LogP contribution in [0.15, 0.2) is 27.9 Å². The summed E-state index contributed by atoms with van der Waals surface area (Å²) in [6.07, 6.45) is 4.94. The molecule has 5 heteroatoms. The van der Waals surface area contributed by atoms with E-state index in [4.69, 9.17) is 5.73 Å². The molecule has 0 aliphatic heterocycles. The third-order valence-electron chi connectivity index (χ3n) is 1.58. The van der Waals surface area contributed by atoms with Crippen molar-refractivity contribution in [3.8, 4) is 0 Å². The van der Waals surface area contributed by atoms with E-state index in [1.165, 1.54) is 10.8 Å². The summed E-state index contributed by atoms with van der Waals surface area (Å²) in [5.41, 5.74) is 4.39. The molecule has 0 aliphatic carbocycles. The average Bonchev–Trinajstić information content (AvgIpc) is 2.09. The third-order valence-corrected chi connectivity index (χ3v) is 1.58. The Balaban J connectivity index is 3.16. The summed E-state index contributed by atoms with van der Waals surface area (Å²) >= 11 is 0. The molecule has 0 aliphatic rings. The fraction of sp³-hybridized carbons (Fsp3) is 0.250. The van der Waals surface area contributed by atoms with Gasteiger partial charge >= 0.3 is 5.69 Å². The first kappa shape index (κ1) is 9.31. The molecule has 13 heavy (non-hydrogen) atoms. The summed E-state index contributed by atoms with van der Waals surface area (Å²) in [5.74, 6) is 0. The molecule has 0 spiro atoms. The molecule has 0 atom stereocenters. The maximum atomic E-state index is 11.1. The molecule has 1 rings (SSSR count). The van der Waals surface area contributed by atoms with Gasteiger partial charge in [0, 0.05) is 12.7 Å². The summed E-state index contributed by atoms with van der Waals surface area (Å²) in [6, 6.07) is 0. The van der Waals surface area contributed by atoms with Crippen molar-refractivity contribution in [2.24, 2.45) is 0 Å². The van der Waals surface area contributed by atoms with Gasteiger partial charge in [-0.1, -0.05) is 12.2 Å². The highest BCUT2D eigenvalue weighted by Crippen LogP contribution is 1.87. The van der Waals surface area contributed by atoms with Gasteiger partial charge in [-0.25, -0.2) is 4.79 Å². The Morgan fingerprint density at radius 3 is 2.92 bits per heavy atom. The number of H-pyrrole nitrogens is 1. The zero-order valence-corrected chi connectivity index (χ0v) is 7.28. The predicted molar refractivity (Wildman–Crippen MR) is 50.5 cm³/mol. The van der Waals surface area contributed by atoms with Crippen LogP contribution in [0.1, 0.15) is 6.92 Å². The Kier molecular flexibility index (Phi) is 2.69. The molecule has 0 saturated carbocycles. The van der Waals surface area contributed by atoms with E-state index >= 15 is 0 Å². The minimum absolute atomic E-state index is 0.0455. The number of nitrogens with one attached hydrogen (secondary N) is 1. The minimum Gasteiger partial charge on any atom is -0.393 e. The minimum atomic E-state index is -0.540. The molecular weight excluding hydrogens is 170 g/mol. The molecule has 0 unspecified atom stereocenters. The van der Waals surface area contributed by atoms with Crippen molar-refractivity contribution in [3.05, 3.63) is 39.2 Å². The maximum Gasteiger partial charge on any atom is 0.328 e. The largest absolute Gasteiger partial charge is 0.393 e. The normalized spacial score (nSPS) is 10.8. The molecule has 3 N–H and O–H groups in total. The predicted octanol–water partition coefficient (Wildman–Crippen LogP) is -0.305. The first-order valence-electron chi connectivity index (χ1n) is 3.85. The van der Waals surface area contributed by atoms with Gasteiger partial charge in [-0.15, -0.1) is 0 Å². The molecule has 0 fully saturated rings. The van der Waals surface area contributed by atoms with Crippen LogP contribution in [0.4, 0.5) is 5.69 Å². The number of nitrogen functional groups attached to an aromatic ring is 1. The second-order valence-corrected chi connectivity index (χ2v) is 2.57. The second kappa shape index (κ2) is 3.75. The van der Waals surface area contributed by atoms with Crippen molar-refractivity contribution in [1.29, 1.82) is 0 Å². The van der Waals surface area contributed by atoms with Crippen molar-refractivity contribution < 1.29 is 0 Å². The van der Waals surface area contributed by atoms with Crippen LogP contribution in [0.5, 0.6) is 0 Å². The van der Waals surface area contributed by atoms with E-state index in [2.05, 4.69) is 4.98 Å². The lowest BCUT2D eigenvalue weighted by Gasteiger charge is -2.00. The molecule has 0 bridgehead atoms. The van der Waals surface area contributed by atoms with E-state index in [1.807, 2.05) is 13.0 Å². The van der Waals surface area contributed by atoms with E-state index in [9.17, 15) is 9.59 Å². The molecule has 1 heterocycles. The maximum absolute atomic E-state index is 11.1. The molecule has 0 radical (unpaired) electrons. The topological polar surface area (TPSA) is 80.9 Å². The van der Waals surface area contributed by atoms with E-state index in [0.29, 0.717) is 6.54 Å². The summed E-state index contributed by atoms with van der Waals surface area (Å²) in [6.45, 7) is 2.26. The Bertz CT molecular complexity index is 428. The summed E-state index contributed by atoms with van der Waals surface area (Å²) < 4.78 is 1.33. The van der Waals surface area contributed by atoms with Gasteiger partial charge in [-0.2, -0.15) is 0 Å². The lowest BCUT2D eigenvalue weighted by Crippen LogP contribution is -2.30. The summed E-state index contributed by atoms with van der Waals surface area (Å²) in [5, 5.41) is 0. The molecule has 70 valence electrons. The van der Waals surface area contributed by atoms with Gasteiger partial charge in [-0.05, 0) is 6.92 Å². The number of aromatic nitrogens is 2. The molecule has 5 nitrogen and oxygen atoms in total. The van der Waals surface area contributed by atoms with Gasteiger partial charge in [0.25, 0.3) is 5.56 Å². The molecule has 1 aromatic rings. The number of hydrogen-bond donors (Lipinski definition) is 2. The number of anilines is 1. The van der Waals surface area contributed by atoms with Crippen molar-refractivity contribution in [1.82, 2.24) is 9.55 Å². The highest BCUT2D eigenvalue weighted by Gasteiger charge is 1.98. The Hall–Kier alpha value is -1.78. The quantitative estimate of drug-likeness (QED) is 0.614. The third kappa shape index (κ3) is 2.08. The first-order valence-corrected chi connectivity index (χ1v) is 3.85. The van der Waals surface area contributed by atoms with Crippen LogP contribution in [0.25, 0.3) is 0 Å². The van der Waals surface area contributed by atoms with Crippen LogP contribution in [0.3, 0.4) is 0 Å². The molecule has 1 aromatic heterocycles. The van der Waals surface area contributed by atoms with E-state index < -0.39 is 11.2 Å². The molecule has 0 saturated heterocycles. The number of rotatable bonds is 2. The average molecular weight is 181 g/mol. The number of hydrogen-bond acceptors (Lipinski definition) is 3. The smallest absolute Gasteiger partial charge is 0.328 e. The monoisotopic (exact) mass is 181 g/mol. The number of aromatic amines is 1. The number of allylic oxidation sites excluding steroid dienone is 2. The zero-order chi connectivity index (χ0) is 9.84. The van der Waals surface area contributed by atoms with Gasteiger partial charge in [0.1, 0.15) is 5.69 Å². The molecule has 0 amide bonds. The molecular formula is C8H11N3O2. The summed E-state index contributed by atoms with van der Waals surface area (Å²) in [7, 11) is 0. The zero-order valence-electron chi connectivity index (χ0n) is 7.28. The number of nitrogens with zero attached hydrogens (tertiary/aromatic N) is 1. The second-order valence-electron chi connectivity index (χ2n) is 2.57. The van der Waals surface area contributed by atoms with Crippen LogP contribution in [-0.2, 0) is 6.54 Å². The van der Waals surface area contributed by atoms with Gasteiger partial charge in [-0.3, -0.25) is 14.3 Å². The highest BCUT2D eigenvalue weighted by molar-refractivity contribution is 5.30. The fourth-order valence-electron chi connectivity index (χ4n) is 0.881. The van der Waals surface area contributed by atoms with E-state index in [-0.39, 0.29) is 5.69 Å². The highest BCUT2D eigenvalue weighted by atomic mass is 16.2. The Morgan fingerprint density at radius 1 is 1.62 bits per heavy atom. The van der Waals surface area contributed by atoms with Crippen molar-refractivity contribution in [3.63, 3.8) is 0 Å². The van der Waals surface area contributed by atoms with Crippen LogP contribution in [-0.4, -0.2) is 9.55 Å². The van der Waals surface area contributed by atoms with Gasteiger partial charge < -0.3 is 5.73 Å². The SMILES string of the molecule is C/C=C/Cn1cc(N)c(=O)[nH]c1=O. The van der Waals surface area contributed by atoms with Gasteiger partial charge in [0.15, 0.2) is 0 Å². The fourth-order valence-corrected chi connectivity index (χ4v) is 0.881. The van der Waals surface area contributed by atoms with Gasteiger partial charge in [0.05, 0.1) is 0 Å². The lowest BCUT2D eigenvalue weighted by atomic mass is 10.5. The van der Waals surface area contributed by atoms with Crippen LogP contribution < -0.4 is 17.0 Å². The number of nitrogens with two attached hydrogens (primary N) is 1. The van der Waals surface area contributed by atoms with Crippen molar-refractivity contribution in [2.75, 3.05) is 5.73 Å². The molecule has 0 aromatic carbocycles. The Morgan fingerprint density at radius 2 is 2.31 bits per heavy atom. The van der Waals surface area contributed by atoms with E-state index in [1.54, 1.807) is 6.08 Å². The standard InChI is InChI=1S/C8H11N3O2/c1-2-3-4-11-5-6(9)7(12)10-8(11)13/h2-3,5H,4,9H2,1H3,(H,10,12,13)/b3-2+.